The van der Waals surface area contributed by atoms with Crippen molar-refractivity contribution in [3.8, 4) is 29.2 Å². The highest BCUT2D eigenvalue weighted by Crippen LogP contribution is 2.36. The second-order valence-corrected chi connectivity index (χ2v) is 10.2. The highest BCUT2D eigenvalue weighted by Gasteiger charge is 2.25. The average molecular weight is 571 g/mol. The van der Waals surface area contributed by atoms with E-state index in [0.29, 0.717) is 22.5 Å². The Balaban J connectivity index is 1.58. The van der Waals surface area contributed by atoms with E-state index in [-0.39, 0.29) is 62.9 Å². The SMILES string of the molecule is Cc1[nH]c(-c2nnc(Cc3ccc(Cl)c(Oc4cc(Cl)cc(C#N)c4)c3F)o2)c(C)c1C(=O)OC(C)C(C)C. The molecule has 0 bridgehead atoms. The molecule has 2 aromatic carbocycles. The molecule has 11 heteroatoms. The molecule has 2 aromatic heterocycles. The van der Waals surface area contributed by atoms with Crippen LogP contribution in [-0.2, 0) is 11.2 Å². The summed E-state index contributed by atoms with van der Waals surface area (Å²) in [5.41, 5.74) is 2.54. The number of hydrogen-bond donors (Lipinski definition) is 1. The predicted octanol–water partition coefficient (Wildman–Crippen LogP) is 7.58. The number of nitrogens with one attached hydrogen (secondary N) is 1. The number of aryl methyl sites for hydroxylation is 1. The van der Waals surface area contributed by atoms with E-state index in [1.54, 1.807) is 13.8 Å². The van der Waals surface area contributed by atoms with Crippen LogP contribution in [0.25, 0.3) is 11.6 Å². The fraction of sp³-hybridized carbons (Fsp3) is 0.286. The lowest BCUT2D eigenvalue weighted by atomic mass is 10.1. The van der Waals surface area contributed by atoms with Crippen molar-refractivity contribution in [3.05, 3.63) is 80.0 Å². The zero-order valence-corrected chi connectivity index (χ0v) is 23.4. The number of carbonyl (C=O) groups excluding carboxylic acids is 1. The molecule has 202 valence electrons. The Kier molecular flexibility index (Phi) is 8.28. The fourth-order valence-corrected chi connectivity index (χ4v) is 4.24. The summed E-state index contributed by atoms with van der Waals surface area (Å²) in [5.74, 6) is -0.776. The molecular formula is C28H25Cl2FN4O4. The van der Waals surface area contributed by atoms with Crippen LogP contribution in [0.4, 0.5) is 4.39 Å². The second kappa shape index (κ2) is 11.5. The number of rotatable bonds is 8. The first-order chi connectivity index (χ1) is 18.5. The Morgan fingerprint density at radius 2 is 1.92 bits per heavy atom. The van der Waals surface area contributed by atoms with Gasteiger partial charge in [0, 0.05) is 16.3 Å². The first-order valence-electron chi connectivity index (χ1n) is 12.1. The third-order valence-corrected chi connectivity index (χ3v) is 6.76. The molecule has 39 heavy (non-hydrogen) atoms. The molecule has 4 rings (SSSR count). The van der Waals surface area contributed by atoms with E-state index >= 15 is 4.39 Å². The number of aromatic nitrogens is 3. The van der Waals surface area contributed by atoms with Crippen LogP contribution in [0, 0.1) is 36.9 Å². The van der Waals surface area contributed by atoms with Crippen LogP contribution in [0.3, 0.4) is 0 Å². The first kappa shape index (κ1) is 28.1. The average Bonchev–Trinajstić information content (AvgIpc) is 3.46. The molecule has 1 unspecified atom stereocenters. The van der Waals surface area contributed by atoms with Gasteiger partial charge in [0.1, 0.15) is 17.5 Å². The molecule has 0 aliphatic carbocycles. The van der Waals surface area contributed by atoms with Crippen LogP contribution in [0.2, 0.25) is 10.0 Å². The molecule has 0 aliphatic heterocycles. The summed E-state index contributed by atoms with van der Waals surface area (Å²) in [4.78, 5) is 15.9. The van der Waals surface area contributed by atoms with Gasteiger partial charge >= 0.3 is 5.97 Å². The Morgan fingerprint density at radius 1 is 1.18 bits per heavy atom. The summed E-state index contributed by atoms with van der Waals surface area (Å²) in [6, 6.07) is 9.26. The maximum atomic E-state index is 15.4. The Labute approximate surface area is 234 Å². The van der Waals surface area contributed by atoms with E-state index < -0.39 is 11.8 Å². The molecule has 0 amide bonds. The van der Waals surface area contributed by atoms with Crippen molar-refractivity contribution < 1.29 is 23.1 Å². The maximum Gasteiger partial charge on any atom is 0.340 e. The molecule has 0 saturated carbocycles. The van der Waals surface area contributed by atoms with Crippen LogP contribution in [-0.4, -0.2) is 27.3 Å². The number of hydrogen-bond acceptors (Lipinski definition) is 7. The summed E-state index contributed by atoms with van der Waals surface area (Å²) in [5, 5.41) is 17.6. The van der Waals surface area contributed by atoms with Crippen LogP contribution < -0.4 is 4.74 Å². The van der Waals surface area contributed by atoms with Crippen LogP contribution in [0.15, 0.2) is 34.7 Å². The number of carbonyl (C=O) groups is 1. The summed E-state index contributed by atoms with van der Waals surface area (Å²) in [7, 11) is 0. The molecule has 0 fully saturated rings. The van der Waals surface area contributed by atoms with Gasteiger partial charge in [-0.2, -0.15) is 5.26 Å². The molecule has 2 heterocycles. The van der Waals surface area contributed by atoms with Crippen LogP contribution in [0.1, 0.15) is 59.4 Å². The molecule has 0 radical (unpaired) electrons. The highest BCUT2D eigenvalue weighted by molar-refractivity contribution is 6.32. The second-order valence-electron chi connectivity index (χ2n) is 9.40. The van der Waals surface area contributed by atoms with Gasteiger partial charge in [0.2, 0.25) is 5.89 Å². The predicted molar refractivity (Wildman–Crippen MR) is 144 cm³/mol. The third kappa shape index (κ3) is 6.08. The normalized spacial score (nSPS) is 11.9. The fourth-order valence-electron chi connectivity index (χ4n) is 3.83. The minimum atomic E-state index is -0.725. The lowest BCUT2D eigenvalue weighted by molar-refractivity contribution is 0.0236. The van der Waals surface area contributed by atoms with Crippen molar-refractivity contribution >= 4 is 29.2 Å². The zero-order valence-electron chi connectivity index (χ0n) is 21.9. The van der Waals surface area contributed by atoms with Crippen molar-refractivity contribution in [1.82, 2.24) is 15.2 Å². The van der Waals surface area contributed by atoms with Gasteiger partial charge in [0.05, 0.1) is 28.6 Å². The van der Waals surface area contributed by atoms with Crippen molar-refractivity contribution in [2.24, 2.45) is 5.92 Å². The smallest absolute Gasteiger partial charge is 0.340 e. The molecule has 0 aliphatic rings. The summed E-state index contributed by atoms with van der Waals surface area (Å²) in [6.07, 6.45) is -0.301. The van der Waals surface area contributed by atoms with E-state index in [2.05, 4.69) is 15.2 Å². The van der Waals surface area contributed by atoms with Gasteiger partial charge in [0.15, 0.2) is 11.6 Å². The van der Waals surface area contributed by atoms with Crippen molar-refractivity contribution in [2.45, 2.75) is 47.1 Å². The number of esters is 1. The molecule has 4 aromatic rings. The molecule has 8 nitrogen and oxygen atoms in total. The van der Waals surface area contributed by atoms with Crippen LogP contribution >= 0.6 is 23.2 Å². The molecule has 1 N–H and O–H groups in total. The Morgan fingerprint density at radius 3 is 2.62 bits per heavy atom. The monoisotopic (exact) mass is 570 g/mol. The van der Waals surface area contributed by atoms with E-state index in [9.17, 15) is 4.79 Å². The molecule has 0 spiro atoms. The van der Waals surface area contributed by atoms with Crippen molar-refractivity contribution in [1.29, 1.82) is 5.26 Å². The van der Waals surface area contributed by atoms with Crippen LogP contribution in [0.5, 0.6) is 11.5 Å². The van der Waals surface area contributed by atoms with Gasteiger partial charge in [-0.1, -0.05) is 43.1 Å². The van der Waals surface area contributed by atoms with E-state index in [1.165, 1.54) is 30.3 Å². The first-order valence-corrected chi connectivity index (χ1v) is 12.8. The van der Waals surface area contributed by atoms with Gasteiger partial charge in [0.25, 0.3) is 5.89 Å². The number of H-pyrrole nitrogens is 1. The quantitative estimate of drug-likeness (QED) is 0.217. The number of ether oxygens (including phenoxy) is 2. The molecule has 1 atom stereocenters. The number of halogens is 3. The molecular weight excluding hydrogens is 546 g/mol. The van der Waals surface area contributed by atoms with Gasteiger partial charge in [-0.15, -0.1) is 10.2 Å². The summed E-state index contributed by atoms with van der Waals surface area (Å²) in [6.45, 7) is 9.31. The number of nitrogens with zero attached hydrogens (tertiary/aromatic N) is 3. The van der Waals surface area contributed by atoms with E-state index in [1.807, 2.05) is 26.8 Å². The lowest BCUT2D eigenvalue weighted by Gasteiger charge is -2.16. The highest BCUT2D eigenvalue weighted by atomic mass is 35.5. The van der Waals surface area contributed by atoms with Gasteiger partial charge in [-0.3, -0.25) is 0 Å². The minimum Gasteiger partial charge on any atom is -0.459 e. The lowest BCUT2D eigenvalue weighted by Crippen LogP contribution is -2.20. The standard InChI is InChI=1S/C28H25Cl2FN4O4/c1-13(2)16(5)37-28(36)23-14(3)25(33-15(23)4)27-35-34-22(39-27)10-18-6-7-21(30)26(24(18)31)38-20-9-17(12-32)8-19(29)11-20/h6-9,11,13,16,33H,10H2,1-5H3. The van der Waals surface area contributed by atoms with Gasteiger partial charge in [-0.25, -0.2) is 9.18 Å². The van der Waals surface area contributed by atoms with Crippen molar-refractivity contribution in [2.75, 3.05) is 0 Å². The number of nitriles is 1. The van der Waals surface area contributed by atoms with Crippen molar-refractivity contribution in [3.63, 3.8) is 0 Å². The van der Waals surface area contributed by atoms with E-state index in [4.69, 9.17) is 42.4 Å². The Bertz CT molecular complexity index is 1590. The molecule has 0 saturated heterocycles. The zero-order chi connectivity index (χ0) is 28.4. The van der Waals surface area contributed by atoms with Gasteiger partial charge in [-0.05, 0) is 56.5 Å². The largest absolute Gasteiger partial charge is 0.459 e. The summed E-state index contributed by atoms with van der Waals surface area (Å²) < 4.78 is 32.5. The van der Waals surface area contributed by atoms with Gasteiger partial charge < -0.3 is 18.9 Å². The maximum absolute atomic E-state index is 15.4. The number of benzene rings is 2. The van der Waals surface area contributed by atoms with E-state index in [0.717, 1.165) is 0 Å². The number of aromatic amines is 1. The minimum absolute atomic E-state index is 0.0321. The third-order valence-electron chi connectivity index (χ3n) is 6.25. The topological polar surface area (TPSA) is 114 Å². The summed E-state index contributed by atoms with van der Waals surface area (Å²) >= 11 is 12.2. The Hall–Kier alpha value is -3.87.